The molecule has 0 bridgehead atoms. The van der Waals surface area contributed by atoms with Crippen LogP contribution in [0.3, 0.4) is 0 Å². The number of ether oxygens (including phenoxy) is 4. The highest BCUT2D eigenvalue weighted by molar-refractivity contribution is 6.03. The van der Waals surface area contributed by atoms with Crippen LogP contribution in [0.1, 0.15) is 154 Å². The summed E-state index contributed by atoms with van der Waals surface area (Å²) in [6.45, 7) is 13.0. The van der Waals surface area contributed by atoms with Crippen molar-refractivity contribution in [3.05, 3.63) is 84.0 Å². The summed E-state index contributed by atoms with van der Waals surface area (Å²) >= 11 is 0. The maximum atomic E-state index is 14.2. The molecule has 1 aliphatic heterocycles. The molecule has 0 radical (unpaired) electrons. The van der Waals surface area contributed by atoms with E-state index in [2.05, 4.69) is 24.9 Å². The summed E-state index contributed by atoms with van der Waals surface area (Å²) in [7, 11) is 1.71. The number of carbonyl (C=O) groups is 2. The van der Waals surface area contributed by atoms with Gasteiger partial charge in [0.25, 0.3) is 0 Å². The van der Waals surface area contributed by atoms with E-state index in [4.69, 9.17) is 28.9 Å². The summed E-state index contributed by atoms with van der Waals surface area (Å²) in [5, 5.41) is 27.7. The lowest BCUT2D eigenvalue weighted by Gasteiger charge is -2.59. The van der Waals surface area contributed by atoms with E-state index in [1.807, 2.05) is 63.2 Å². The number of likely N-dealkylation sites (N-methyl/N-ethyl adjacent to an activating group) is 1. The molecule has 12 nitrogen and oxygen atoms in total. The van der Waals surface area contributed by atoms with Crippen molar-refractivity contribution in [3.8, 4) is 11.5 Å². The molecule has 2 amide bonds. The Kier molecular flexibility index (Phi) is 20.7. The molecule has 0 saturated heterocycles. The fourth-order valence-corrected chi connectivity index (χ4v) is 9.88. The Morgan fingerprint density at radius 1 is 0.923 bits per heavy atom. The maximum Gasteiger partial charge on any atom is 0.412 e. The van der Waals surface area contributed by atoms with Crippen molar-refractivity contribution in [2.75, 3.05) is 33.4 Å². The zero-order valence-electron chi connectivity index (χ0n) is 40.1. The molecular formula is C53H79N3O9. The summed E-state index contributed by atoms with van der Waals surface area (Å²) in [4.78, 5) is 35.2. The number of nitrogens with zero attached hydrogens (tertiary/aromatic N) is 2. The van der Waals surface area contributed by atoms with E-state index in [1.54, 1.807) is 24.1 Å². The molecule has 1 fully saturated rings. The van der Waals surface area contributed by atoms with E-state index < -0.39 is 35.5 Å². The quantitative estimate of drug-likeness (QED) is 0.0453. The van der Waals surface area contributed by atoms with Gasteiger partial charge in [0.1, 0.15) is 29.7 Å². The third kappa shape index (κ3) is 14.5. The van der Waals surface area contributed by atoms with Crippen LogP contribution >= 0.6 is 0 Å². The van der Waals surface area contributed by atoms with Crippen LogP contribution in [0.2, 0.25) is 0 Å². The Hall–Kier alpha value is -4.39. The highest BCUT2D eigenvalue weighted by atomic mass is 16.7. The Bertz CT molecular complexity index is 1840. The Morgan fingerprint density at radius 3 is 2.26 bits per heavy atom. The number of aliphatic hydroxyl groups is 2. The first-order valence-electron chi connectivity index (χ1n) is 24.6. The molecule has 360 valence electrons. The van der Waals surface area contributed by atoms with Gasteiger partial charge in [-0.3, -0.25) is 0 Å². The molecule has 0 unspecified atom stereocenters. The number of amides is 2. The van der Waals surface area contributed by atoms with Gasteiger partial charge in [0, 0.05) is 44.7 Å². The first-order chi connectivity index (χ1) is 31.5. The molecule has 6 atom stereocenters. The molecule has 65 heavy (non-hydrogen) atoms. The topological polar surface area (TPSA) is 148 Å². The van der Waals surface area contributed by atoms with Crippen LogP contribution in [0.5, 0.6) is 11.5 Å². The molecule has 12 heteroatoms. The number of aliphatic hydroxyl groups excluding tert-OH is 2. The van der Waals surface area contributed by atoms with Gasteiger partial charge in [-0.25, -0.2) is 9.59 Å². The summed E-state index contributed by atoms with van der Waals surface area (Å²) in [5.74, 6) is -1.17. The van der Waals surface area contributed by atoms with Crippen LogP contribution in [0.25, 0.3) is 0 Å². The van der Waals surface area contributed by atoms with Gasteiger partial charge in [0.2, 0.25) is 5.79 Å². The smallest absolute Gasteiger partial charge is 0.412 e. The molecule has 5 rings (SSSR count). The number of unbranched alkanes of at least 4 members (excludes halogenated alkanes) is 11. The number of carbonyl (C=O) groups excluding carboxylic acids is 2. The lowest BCUT2D eigenvalue weighted by molar-refractivity contribution is -0.253. The molecule has 0 spiro atoms. The monoisotopic (exact) mass is 902 g/mol. The lowest BCUT2D eigenvalue weighted by Crippen LogP contribution is -2.69. The van der Waals surface area contributed by atoms with Gasteiger partial charge < -0.3 is 44.2 Å². The van der Waals surface area contributed by atoms with Crippen molar-refractivity contribution in [1.82, 2.24) is 10.2 Å². The van der Waals surface area contributed by atoms with E-state index >= 15 is 0 Å². The molecule has 2 aromatic carbocycles. The minimum atomic E-state index is -1.43. The van der Waals surface area contributed by atoms with Crippen molar-refractivity contribution in [2.24, 2.45) is 22.9 Å². The fourth-order valence-electron chi connectivity index (χ4n) is 9.88. The van der Waals surface area contributed by atoms with E-state index in [0.717, 1.165) is 61.6 Å². The number of hydrogen-bond donors (Lipinski definition) is 3. The van der Waals surface area contributed by atoms with Gasteiger partial charge >= 0.3 is 12.2 Å². The van der Waals surface area contributed by atoms with Gasteiger partial charge in [0.05, 0.1) is 18.2 Å². The lowest BCUT2D eigenvalue weighted by atomic mass is 9.55. The number of allylic oxidation sites excluding steroid dienone is 1. The molecule has 3 aliphatic rings. The van der Waals surface area contributed by atoms with E-state index in [9.17, 15) is 19.8 Å². The normalized spacial score (nSPS) is 22.8. The Morgan fingerprint density at radius 2 is 1.60 bits per heavy atom. The predicted molar refractivity (Wildman–Crippen MR) is 256 cm³/mol. The molecule has 3 N–H and O–H groups in total. The third-order valence-electron chi connectivity index (χ3n) is 13.0. The van der Waals surface area contributed by atoms with E-state index in [1.165, 1.54) is 44.9 Å². The Labute approximate surface area is 389 Å². The van der Waals surface area contributed by atoms with Crippen LogP contribution < -0.4 is 14.8 Å². The molecule has 1 heterocycles. The summed E-state index contributed by atoms with van der Waals surface area (Å²) < 4.78 is 26.1. The first-order valence-corrected chi connectivity index (χ1v) is 24.6. The van der Waals surface area contributed by atoms with Crippen molar-refractivity contribution in [1.29, 1.82) is 0 Å². The third-order valence-corrected chi connectivity index (χ3v) is 13.0. The van der Waals surface area contributed by atoms with Gasteiger partial charge in [0.15, 0.2) is 0 Å². The van der Waals surface area contributed by atoms with Gasteiger partial charge in [-0.1, -0.05) is 125 Å². The fraction of sp³-hybridized carbons (Fsp3) is 0.642. The van der Waals surface area contributed by atoms with Crippen LogP contribution in [0, 0.1) is 17.8 Å². The molecule has 2 aromatic rings. The minimum Gasteiger partial charge on any atom is -0.459 e. The standard InChI is InChI=1S/C53H79N3O9/c1-7-9-10-11-12-13-14-15-16-22-31-54-50(59)63-41-29-30-46-44(36-41)48-42(28-21-24-33-58)40(27-20-23-32-57)35-43-45(55-65-52(3,4)5)37-47(53(64-46,49(43)48)62-34-8-2)56(6)51(60)61-38-39-25-18-17-19-26-39/h8,17-19,25-26,29-30,35-36,40,42,47-49,57-58H,2,7,9-16,20-24,27-28,31-34,37-38H2,1,3-6H3,(H,54,59)/t40-,42+,47-,48+,49+,53+/m0/s1. The number of oxime groups is 1. The number of rotatable bonds is 27. The van der Waals surface area contributed by atoms with Gasteiger partial charge in [-0.2, -0.15) is 0 Å². The molecular weight excluding hydrogens is 823 g/mol. The highest BCUT2D eigenvalue weighted by Gasteiger charge is 2.65. The SMILES string of the molecule is C=CCO[C@@]12Oc3ccc(OC(=O)NCCCCCCCCCCCC)cc3[C@H]3[C@H](CCCCO)[C@@H](CCCCO)C=C(C(=NOC(C)(C)C)C[C@@H]1N(C)C(=O)OCc1ccccc1)[C@H]32. The number of fused-ring (bicyclic) bond motifs is 2. The van der Waals surface area contributed by atoms with Crippen molar-refractivity contribution in [3.63, 3.8) is 0 Å². The second kappa shape index (κ2) is 26.1. The van der Waals surface area contributed by atoms with Crippen LogP contribution in [-0.2, 0) is 20.9 Å². The summed E-state index contributed by atoms with van der Waals surface area (Å²) in [5.41, 5.74) is 2.73. The Balaban J connectivity index is 1.52. The second-order valence-corrected chi connectivity index (χ2v) is 19.1. The van der Waals surface area contributed by atoms with Crippen LogP contribution in [0.4, 0.5) is 9.59 Å². The largest absolute Gasteiger partial charge is 0.459 e. The van der Waals surface area contributed by atoms with Gasteiger partial charge in [-0.05, 0) is 94.0 Å². The highest BCUT2D eigenvalue weighted by Crippen LogP contribution is 2.62. The zero-order valence-corrected chi connectivity index (χ0v) is 40.1. The van der Waals surface area contributed by atoms with E-state index in [0.29, 0.717) is 36.6 Å². The maximum absolute atomic E-state index is 14.2. The predicted octanol–water partition coefficient (Wildman–Crippen LogP) is 11.4. The second-order valence-electron chi connectivity index (χ2n) is 19.1. The number of benzene rings is 2. The number of nitrogens with one attached hydrogen (secondary N) is 1. The molecule has 2 aliphatic carbocycles. The minimum absolute atomic E-state index is 0.0163. The average Bonchev–Trinajstić information content (AvgIpc) is 3.29. The molecule has 0 aromatic heterocycles. The summed E-state index contributed by atoms with van der Waals surface area (Å²) in [6.07, 6.45) is 19.8. The van der Waals surface area contributed by atoms with Crippen molar-refractivity contribution < 1.29 is 43.6 Å². The van der Waals surface area contributed by atoms with Crippen molar-refractivity contribution in [2.45, 2.75) is 167 Å². The van der Waals surface area contributed by atoms with Crippen LogP contribution in [-0.4, -0.2) is 83.9 Å². The average molecular weight is 902 g/mol. The first kappa shape index (κ1) is 51.6. The zero-order chi connectivity index (χ0) is 46.7. The molecule has 1 saturated carbocycles. The number of hydrogen-bond acceptors (Lipinski definition) is 10. The van der Waals surface area contributed by atoms with Crippen molar-refractivity contribution >= 4 is 17.9 Å². The van der Waals surface area contributed by atoms with E-state index in [-0.39, 0.29) is 50.6 Å². The summed E-state index contributed by atoms with van der Waals surface area (Å²) in [6, 6.07) is 14.3. The van der Waals surface area contributed by atoms with Crippen LogP contribution in [0.15, 0.2) is 78.0 Å². The van der Waals surface area contributed by atoms with Gasteiger partial charge in [-0.15, -0.1) is 6.58 Å².